The van der Waals surface area contributed by atoms with Crippen molar-refractivity contribution in [3.8, 4) is 11.5 Å². The monoisotopic (exact) mass is 396 g/mol. The Bertz CT molecular complexity index is 883. The minimum absolute atomic E-state index is 0.209. The molecule has 0 unspecified atom stereocenters. The first kappa shape index (κ1) is 22.2. The quantitative estimate of drug-likeness (QED) is 0.432. The van der Waals surface area contributed by atoms with Crippen LogP contribution in [0, 0.1) is 0 Å². The van der Waals surface area contributed by atoms with E-state index in [1.165, 1.54) is 7.11 Å². The highest BCUT2D eigenvalue weighted by Gasteiger charge is 2.15. The van der Waals surface area contributed by atoms with Crippen LogP contribution in [0.25, 0.3) is 6.08 Å². The van der Waals surface area contributed by atoms with Crippen molar-refractivity contribution in [2.24, 2.45) is 0 Å². The Balaban J connectivity index is 1.94. The van der Waals surface area contributed by atoms with E-state index in [0.717, 1.165) is 29.5 Å². The van der Waals surface area contributed by atoms with Crippen LogP contribution in [0.4, 0.5) is 0 Å². The minimum atomic E-state index is -0.609. The van der Waals surface area contributed by atoms with Gasteiger partial charge in [0.15, 0.2) is 24.7 Å². The molecule has 5 nitrogen and oxygen atoms in total. The van der Waals surface area contributed by atoms with Gasteiger partial charge in [0.05, 0.1) is 7.11 Å². The molecular formula is C24H28O5. The lowest BCUT2D eigenvalue weighted by Gasteiger charge is -2.12. The number of ether oxygens (including phenoxy) is 3. The van der Waals surface area contributed by atoms with Gasteiger partial charge in [0, 0.05) is 5.56 Å². The second-order valence-corrected chi connectivity index (χ2v) is 6.48. The SMILES string of the molecule is C/C=C/c1ccc(OCC(=O)OCC(=O)c2cc(CC)ccc2CC)c(OC)c1. The molecule has 0 fully saturated rings. The van der Waals surface area contributed by atoms with Crippen LogP contribution < -0.4 is 9.47 Å². The Morgan fingerprint density at radius 2 is 1.76 bits per heavy atom. The highest BCUT2D eigenvalue weighted by atomic mass is 16.6. The van der Waals surface area contributed by atoms with Crippen molar-refractivity contribution in [1.29, 1.82) is 0 Å². The molecule has 0 saturated heterocycles. The van der Waals surface area contributed by atoms with Gasteiger partial charge in [-0.15, -0.1) is 0 Å². The molecule has 0 saturated carbocycles. The summed E-state index contributed by atoms with van der Waals surface area (Å²) in [6, 6.07) is 11.3. The van der Waals surface area contributed by atoms with Crippen LogP contribution in [0.15, 0.2) is 42.5 Å². The van der Waals surface area contributed by atoms with Crippen LogP contribution >= 0.6 is 0 Å². The van der Waals surface area contributed by atoms with Gasteiger partial charge in [-0.1, -0.05) is 44.2 Å². The first-order valence-corrected chi connectivity index (χ1v) is 9.76. The maximum Gasteiger partial charge on any atom is 0.344 e. The van der Waals surface area contributed by atoms with Crippen molar-refractivity contribution in [3.63, 3.8) is 0 Å². The van der Waals surface area contributed by atoms with Crippen molar-refractivity contribution in [1.82, 2.24) is 0 Å². The van der Waals surface area contributed by atoms with Gasteiger partial charge in [0.25, 0.3) is 0 Å². The largest absolute Gasteiger partial charge is 0.493 e. The van der Waals surface area contributed by atoms with E-state index in [2.05, 4.69) is 0 Å². The summed E-state index contributed by atoms with van der Waals surface area (Å²) in [5.41, 5.74) is 3.60. The Morgan fingerprint density at radius 1 is 0.966 bits per heavy atom. The molecule has 0 bridgehead atoms. The van der Waals surface area contributed by atoms with Crippen LogP contribution in [0.2, 0.25) is 0 Å². The molecule has 2 rings (SSSR count). The summed E-state index contributed by atoms with van der Waals surface area (Å²) >= 11 is 0. The van der Waals surface area contributed by atoms with E-state index in [9.17, 15) is 9.59 Å². The molecule has 0 heterocycles. The van der Waals surface area contributed by atoms with E-state index in [1.807, 2.05) is 63.3 Å². The average molecular weight is 396 g/mol. The fourth-order valence-electron chi connectivity index (χ4n) is 2.91. The number of hydrogen-bond donors (Lipinski definition) is 0. The predicted octanol–water partition coefficient (Wildman–Crippen LogP) is 4.66. The van der Waals surface area contributed by atoms with Gasteiger partial charge in [-0.2, -0.15) is 0 Å². The standard InChI is InChI=1S/C24H28O5/c1-5-8-18-10-12-22(23(14-18)27-4)28-16-24(26)29-15-21(25)20-13-17(6-2)9-11-19(20)7-3/h5,8-14H,6-7,15-16H2,1-4H3/b8-5+. The van der Waals surface area contributed by atoms with Gasteiger partial charge >= 0.3 is 5.97 Å². The summed E-state index contributed by atoms with van der Waals surface area (Å²) in [7, 11) is 1.54. The number of benzene rings is 2. The third kappa shape index (κ3) is 6.21. The zero-order valence-corrected chi connectivity index (χ0v) is 17.5. The molecule has 154 valence electrons. The average Bonchev–Trinajstić information content (AvgIpc) is 2.76. The second kappa shape index (κ2) is 11.1. The van der Waals surface area contributed by atoms with Gasteiger partial charge in [-0.05, 0) is 54.7 Å². The predicted molar refractivity (Wildman–Crippen MR) is 114 cm³/mol. The Kier molecular flexibility index (Phi) is 8.46. The summed E-state index contributed by atoms with van der Waals surface area (Å²) in [6.07, 6.45) is 5.44. The number of hydrogen-bond acceptors (Lipinski definition) is 5. The zero-order valence-electron chi connectivity index (χ0n) is 17.5. The third-order valence-electron chi connectivity index (χ3n) is 4.52. The topological polar surface area (TPSA) is 61.8 Å². The molecule has 0 spiro atoms. The van der Waals surface area contributed by atoms with E-state index < -0.39 is 5.97 Å². The number of esters is 1. The summed E-state index contributed by atoms with van der Waals surface area (Å²) < 4.78 is 15.9. The number of ketones is 1. The lowest BCUT2D eigenvalue weighted by molar-refractivity contribution is -0.144. The van der Waals surface area contributed by atoms with Crippen molar-refractivity contribution in [3.05, 3.63) is 64.7 Å². The normalized spacial score (nSPS) is 10.8. The van der Waals surface area contributed by atoms with Gasteiger partial charge in [0.2, 0.25) is 5.78 Å². The molecule has 0 aliphatic carbocycles. The highest BCUT2D eigenvalue weighted by Crippen LogP contribution is 2.28. The van der Waals surface area contributed by atoms with Crippen LogP contribution in [-0.4, -0.2) is 32.1 Å². The van der Waals surface area contributed by atoms with Gasteiger partial charge in [-0.25, -0.2) is 4.79 Å². The van der Waals surface area contributed by atoms with Gasteiger partial charge < -0.3 is 14.2 Å². The molecule has 0 aromatic heterocycles. The van der Waals surface area contributed by atoms with Crippen molar-refractivity contribution < 1.29 is 23.8 Å². The first-order chi connectivity index (χ1) is 14.0. The van der Waals surface area contributed by atoms with Crippen LogP contribution in [0.3, 0.4) is 0 Å². The molecule has 2 aromatic rings. The Morgan fingerprint density at radius 3 is 2.41 bits per heavy atom. The second-order valence-electron chi connectivity index (χ2n) is 6.48. The molecule has 0 aliphatic rings. The van der Waals surface area contributed by atoms with Crippen LogP contribution in [0.5, 0.6) is 11.5 Å². The number of Topliss-reactive ketones (excluding diaryl/α,β-unsaturated/α-hetero) is 1. The summed E-state index contributed by atoms with van der Waals surface area (Å²) in [4.78, 5) is 24.6. The molecule has 0 amide bonds. The lowest BCUT2D eigenvalue weighted by atomic mass is 9.98. The van der Waals surface area contributed by atoms with Gasteiger partial charge in [0.1, 0.15) is 0 Å². The molecule has 5 heteroatoms. The zero-order chi connectivity index (χ0) is 21.2. The van der Waals surface area contributed by atoms with E-state index in [-0.39, 0.29) is 19.0 Å². The van der Waals surface area contributed by atoms with E-state index in [1.54, 1.807) is 6.07 Å². The van der Waals surface area contributed by atoms with Crippen LogP contribution in [0.1, 0.15) is 47.8 Å². The molecule has 0 radical (unpaired) electrons. The Hall–Kier alpha value is -3.08. The van der Waals surface area contributed by atoms with Crippen LogP contribution in [-0.2, 0) is 22.4 Å². The number of allylic oxidation sites excluding steroid dienone is 1. The fourth-order valence-corrected chi connectivity index (χ4v) is 2.91. The summed E-state index contributed by atoms with van der Waals surface area (Å²) in [6.45, 7) is 5.34. The molecular weight excluding hydrogens is 368 g/mol. The molecule has 0 aliphatic heterocycles. The number of methoxy groups -OCH3 is 1. The molecule has 29 heavy (non-hydrogen) atoms. The lowest BCUT2D eigenvalue weighted by Crippen LogP contribution is -2.20. The van der Waals surface area contributed by atoms with Gasteiger partial charge in [-0.3, -0.25) is 4.79 Å². The first-order valence-electron chi connectivity index (χ1n) is 9.76. The number of aryl methyl sites for hydroxylation is 2. The number of carbonyl (C=O) groups excluding carboxylic acids is 2. The maximum atomic E-state index is 12.5. The molecule has 0 N–H and O–H groups in total. The molecule has 2 aromatic carbocycles. The summed E-state index contributed by atoms with van der Waals surface area (Å²) in [5.74, 6) is 0.141. The molecule has 0 atom stereocenters. The minimum Gasteiger partial charge on any atom is -0.493 e. The van der Waals surface area contributed by atoms with Crippen molar-refractivity contribution >= 4 is 17.8 Å². The highest BCUT2D eigenvalue weighted by molar-refractivity contribution is 5.99. The van der Waals surface area contributed by atoms with Crippen molar-refractivity contribution in [2.75, 3.05) is 20.3 Å². The van der Waals surface area contributed by atoms with Crippen molar-refractivity contribution in [2.45, 2.75) is 33.6 Å². The fraction of sp³-hybridized carbons (Fsp3) is 0.333. The smallest absolute Gasteiger partial charge is 0.344 e. The third-order valence-corrected chi connectivity index (χ3v) is 4.52. The van der Waals surface area contributed by atoms with E-state index >= 15 is 0 Å². The Labute approximate surface area is 172 Å². The van der Waals surface area contributed by atoms with E-state index in [4.69, 9.17) is 14.2 Å². The number of rotatable bonds is 10. The summed E-state index contributed by atoms with van der Waals surface area (Å²) in [5, 5.41) is 0. The maximum absolute atomic E-state index is 12.5. The van der Waals surface area contributed by atoms with E-state index in [0.29, 0.717) is 17.1 Å². The number of carbonyl (C=O) groups is 2.